The largest absolute Gasteiger partial charge is 0.342 e. The Morgan fingerprint density at radius 1 is 1.36 bits per heavy atom. The molecule has 2 aromatic rings. The van der Waals surface area contributed by atoms with Crippen LogP contribution in [0.4, 0.5) is 0 Å². The monoisotopic (exact) mass is 299 g/mol. The summed E-state index contributed by atoms with van der Waals surface area (Å²) in [6.45, 7) is 1.90. The van der Waals surface area contributed by atoms with Crippen LogP contribution in [0.2, 0.25) is 0 Å². The Balaban J connectivity index is 1.81. The van der Waals surface area contributed by atoms with E-state index >= 15 is 0 Å². The quantitative estimate of drug-likeness (QED) is 0.848. The summed E-state index contributed by atoms with van der Waals surface area (Å²) in [7, 11) is 1.89. The van der Waals surface area contributed by atoms with Crippen LogP contribution in [0.3, 0.4) is 0 Å². The summed E-state index contributed by atoms with van der Waals surface area (Å²) in [5.41, 5.74) is 2.19. The van der Waals surface area contributed by atoms with Crippen LogP contribution >= 0.6 is 0 Å². The Labute approximate surface area is 127 Å². The highest BCUT2D eigenvalue weighted by atomic mass is 16.2. The number of benzene rings is 1. The first-order chi connectivity index (χ1) is 10.5. The highest BCUT2D eigenvalue weighted by Crippen LogP contribution is 2.17. The molecule has 6 nitrogen and oxygen atoms in total. The lowest BCUT2D eigenvalue weighted by atomic mass is 9.93. The van der Waals surface area contributed by atoms with E-state index < -0.39 is 6.04 Å². The van der Waals surface area contributed by atoms with Gasteiger partial charge in [-0.1, -0.05) is 0 Å². The summed E-state index contributed by atoms with van der Waals surface area (Å²) in [5, 5.41) is 2.73. The number of amides is 1. The lowest BCUT2D eigenvalue weighted by Gasteiger charge is -2.21. The molecule has 1 aromatic carbocycles. The molecule has 114 valence electrons. The van der Waals surface area contributed by atoms with Crippen LogP contribution in [0.1, 0.15) is 35.4 Å². The molecule has 1 atom stereocenters. The summed E-state index contributed by atoms with van der Waals surface area (Å²) >= 11 is 0. The number of hydrogen-bond acceptors (Lipinski definition) is 4. The molecule has 0 spiro atoms. The third-order valence-corrected chi connectivity index (χ3v) is 4.14. The summed E-state index contributed by atoms with van der Waals surface area (Å²) in [6, 6.07) is 4.70. The number of Topliss-reactive ketones (excluding diaryl/α,β-unsaturated/α-hetero) is 2. The highest BCUT2D eigenvalue weighted by molar-refractivity contribution is 6.06. The molecule has 1 aliphatic rings. The Morgan fingerprint density at radius 3 is 2.86 bits per heavy atom. The third kappa shape index (κ3) is 2.52. The predicted octanol–water partition coefficient (Wildman–Crippen LogP) is 1.30. The third-order valence-electron chi connectivity index (χ3n) is 4.14. The van der Waals surface area contributed by atoms with Gasteiger partial charge in [0, 0.05) is 19.0 Å². The van der Waals surface area contributed by atoms with Gasteiger partial charge in [0.2, 0.25) is 0 Å². The molecule has 1 unspecified atom stereocenters. The molecule has 0 saturated heterocycles. The second-order valence-electron chi connectivity index (χ2n) is 5.67. The number of carbonyl (C=O) groups is 3. The molecule has 1 N–H and O–H groups in total. The minimum Gasteiger partial charge on any atom is -0.342 e. The van der Waals surface area contributed by atoms with Crippen LogP contribution < -0.4 is 5.32 Å². The second-order valence-corrected chi connectivity index (χ2v) is 5.67. The molecule has 6 heteroatoms. The lowest BCUT2D eigenvalue weighted by molar-refractivity contribution is -0.131. The van der Waals surface area contributed by atoms with Crippen LogP contribution in [0.5, 0.6) is 0 Å². The molecule has 1 saturated carbocycles. The molecule has 0 bridgehead atoms. The molecular weight excluding hydrogens is 282 g/mol. The van der Waals surface area contributed by atoms with Crippen LogP contribution in [0.25, 0.3) is 11.0 Å². The predicted molar refractivity (Wildman–Crippen MR) is 80.6 cm³/mol. The molecular formula is C16H17N3O3. The Bertz CT molecular complexity index is 791. The molecule has 0 radical (unpaired) electrons. The molecule has 1 amide bonds. The molecule has 0 aliphatic heterocycles. The average Bonchev–Trinajstić information content (AvgIpc) is 2.77. The molecule has 1 heterocycles. The lowest BCUT2D eigenvalue weighted by Crippen LogP contribution is -2.44. The first-order valence-electron chi connectivity index (χ1n) is 7.24. The Kier molecular flexibility index (Phi) is 3.52. The Hall–Kier alpha value is -2.50. The number of aryl methyl sites for hydroxylation is 2. The van der Waals surface area contributed by atoms with Crippen molar-refractivity contribution in [1.29, 1.82) is 0 Å². The second kappa shape index (κ2) is 5.36. The maximum absolute atomic E-state index is 12.3. The van der Waals surface area contributed by atoms with E-state index in [1.54, 1.807) is 18.2 Å². The van der Waals surface area contributed by atoms with Gasteiger partial charge in [-0.05, 0) is 31.5 Å². The minimum atomic E-state index is -0.561. The Morgan fingerprint density at radius 2 is 2.14 bits per heavy atom. The van der Waals surface area contributed by atoms with Gasteiger partial charge in [0.15, 0.2) is 5.78 Å². The fraction of sp³-hybridized carbons (Fsp3) is 0.375. The van der Waals surface area contributed by atoms with Crippen molar-refractivity contribution in [3.05, 3.63) is 29.6 Å². The minimum absolute atomic E-state index is 0.0534. The van der Waals surface area contributed by atoms with E-state index in [1.807, 2.05) is 18.5 Å². The van der Waals surface area contributed by atoms with Crippen molar-refractivity contribution in [2.75, 3.05) is 0 Å². The number of carbonyl (C=O) groups excluding carboxylic acids is 3. The molecule has 1 aliphatic carbocycles. The SMILES string of the molecule is Cc1nc2ccc(C(=O)NC3CCC(=O)CC3=O)cc2n1C. The summed E-state index contributed by atoms with van der Waals surface area (Å²) in [4.78, 5) is 39.7. The highest BCUT2D eigenvalue weighted by Gasteiger charge is 2.28. The van der Waals surface area contributed by atoms with Crippen molar-refractivity contribution >= 4 is 28.5 Å². The van der Waals surface area contributed by atoms with Crippen LogP contribution in [0, 0.1) is 6.92 Å². The number of nitrogens with zero attached hydrogens (tertiary/aromatic N) is 2. The summed E-state index contributed by atoms with van der Waals surface area (Å²) in [5.74, 6) is 0.311. The summed E-state index contributed by atoms with van der Waals surface area (Å²) < 4.78 is 1.91. The number of fused-ring (bicyclic) bond motifs is 1. The van der Waals surface area contributed by atoms with Gasteiger partial charge < -0.3 is 9.88 Å². The van der Waals surface area contributed by atoms with Crippen LogP contribution in [-0.4, -0.2) is 33.1 Å². The van der Waals surface area contributed by atoms with Gasteiger partial charge in [-0.2, -0.15) is 0 Å². The van der Waals surface area contributed by atoms with Gasteiger partial charge in [-0.25, -0.2) is 4.98 Å². The number of aromatic nitrogens is 2. The smallest absolute Gasteiger partial charge is 0.251 e. The first-order valence-corrected chi connectivity index (χ1v) is 7.24. The van der Waals surface area contributed by atoms with Crippen LogP contribution in [-0.2, 0) is 16.6 Å². The van der Waals surface area contributed by atoms with E-state index in [2.05, 4.69) is 10.3 Å². The molecule has 1 aromatic heterocycles. The molecule has 1 fully saturated rings. The van der Waals surface area contributed by atoms with E-state index in [0.29, 0.717) is 18.4 Å². The topological polar surface area (TPSA) is 81.1 Å². The van der Waals surface area contributed by atoms with Crippen molar-refractivity contribution < 1.29 is 14.4 Å². The molecule has 3 rings (SSSR count). The molecule has 22 heavy (non-hydrogen) atoms. The maximum atomic E-state index is 12.3. The number of rotatable bonds is 2. The van der Waals surface area contributed by atoms with Crippen molar-refractivity contribution in [2.45, 2.75) is 32.2 Å². The van der Waals surface area contributed by atoms with Crippen LogP contribution in [0.15, 0.2) is 18.2 Å². The standard InChI is InChI=1S/C16H17N3O3/c1-9-17-12-5-3-10(7-14(12)19(9)2)16(22)18-13-6-4-11(20)8-15(13)21/h3,5,7,13H,4,6,8H2,1-2H3,(H,18,22). The van der Waals surface area contributed by atoms with Gasteiger partial charge in [0.05, 0.1) is 23.5 Å². The fourth-order valence-electron chi connectivity index (χ4n) is 2.72. The van der Waals surface area contributed by atoms with E-state index in [9.17, 15) is 14.4 Å². The van der Waals surface area contributed by atoms with E-state index in [4.69, 9.17) is 0 Å². The zero-order valence-electron chi connectivity index (χ0n) is 12.5. The summed E-state index contributed by atoms with van der Waals surface area (Å²) in [6.07, 6.45) is 0.651. The zero-order chi connectivity index (χ0) is 15.9. The number of ketones is 2. The van der Waals surface area contributed by atoms with E-state index in [1.165, 1.54) is 0 Å². The normalized spacial score (nSPS) is 18.7. The van der Waals surface area contributed by atoms with Gasteiger partial charge >= 0.3 is 0 Å². The number of hydrogen-bond donors (Lipinski definition) is 1. The maximum Gasteiger partial charge on any atom is 0.251 e. The van der Waals surface area contributed by atoms with Crippen molar-refractivity contribution in [3.63, 3.8) is 0 Å². The van der Waals surface area contributed by atoms with Gasteiger partial charge in [0.1, 0.15) is 11.6 Å². The van der Waals surface area contributed by atoms with E-state index in [-0.39, 0.29) is 23.9 Å². The number of imidazole rings is 1. The van der Waals surface area contributed by atoms with Crippen molar-refractivity contribution in [2.24, 2.45) is 7.05 Å². The van der Waals surface area contributed by atoms with Gasteiger partial charge in [-0.3, -0.25) is 14.4 Å². The van der Waals surface area contributed by atoms with Gasteiger partial charge in [-0.15, -0.1) is 0 Å². The van der Waals surface area contributed by atoms with Crippen molar-refractivity contribution in [3.8, 4) is 0 Å². The van der Waals surface area contributed by atoms with Crippen molar-refractivity contribution in [1.82, 2.24) is 14.9 Å². The fourth-order valence-corrected chi connectivity index (χ4v) is 2.72. The first kappa shape index (κ1) is 14.4. The van der Waals surface area contributed by atoms with Gasteiger partial charge in [0.25, 0.3) is 5.91 Å². The average molecular weight is 299 g/mol. The number of nitrogens with one attached hydrogen (secondary N) is 1. The zero-order valence-corrected chi connectivity index (χ0v) is 12.5. The van der Waals surface area contributed by atoms with E-state index in [0.717, 1.165) is 16.9 Å².